The van der Waals surface area contributed by atoms with Crippen LogP contribution in [0.1, 0.15) is 24.8 Å². The number of hydrogen-bond acceptors (Lipinski definition) is 4. The van der Waals surface area contributed by atoms with Crippen molar-refractivity contribution in [2.24, 2.45) is 0 Å². The normalized spacial score (nSPS) is 15.5. The van der Waals surface area contributed by atoms with Crippen LogP contribution >= 0.6 is 0 Å². The highest BCUT2D eigenvalue weighted by atomic mass is 16.3. The lowest BCUT2D eigenvalue weighted by atomic mass is 10.1. The van der Waals surface area contributed by atoms with Crippen LogP contribution in [0.25, 0.3) is 0 Å². The number of rotatable bonds is 3. The van der Waals surface area contributed by atoms with Crippen molar-refractivity contribution in [3.63, 3.8) is 0 Å². The van der Waals surface area contributed by atoms with E-state index in [1.165, 1.54) is 12.1 Å². The maximum absolute atomic E-state index is 11.7. The highest BCUT2D eigenvalue weighted by Gasteiger charge is 2.27. The lowest BCUT2D eigenvalue weighted by Gasteiger charge is -2.24. The van der Waals surface area contributed by atoms with Gasteiger partial charge in [-0.3, -0.25) is 19.8 Å². The van der Waals surface area contributed by atoms with Crippen LogP contribution in [-0.4, -0.2) is 27.8 Å². The van der Waals surface area contributed by atoms with Crippen LogP contribution in [0, 0.1) is 0 Å². The van der Waals surface area contributed by atoms with Crippen LogP contribution in [0.5, 0.6) is 5.75 Å². The molecule has 6 heteroatoms. The number of nitrogens with one attached hydrogen (secondary N) is 1. The second kappa shape index (κ2) is 5.51. The molecule has 19 heavy (non-hydrogen) atoms. The molecule has 1 aromatic carbocycles. The van der Waals surface area contributed by atoms with Crippen LogP contribution in [-0.2, 0) is 20.8 Å². The Labute approximate surface area is 110 Å². The molecule has 100 valence electrons. The van der Waals surface area contributed by atoms with Gasteiger partial charge in [-0.2, -0.15) is 5.01 Å². The van der Waals surface area contributed by atoms with Crippen molar-refractivity contribution >= 4 is 17.7 Å². The van der Waals surface area contributed by atoms with Gasteiger partial charge < -0.3 is 5.11 Å². The van der Waals surface area contributed by atoms with Gasteiger partial charge in [-0.25, -0.2) is 0 Å². The van der Waals surface area contributed by atoms with Gasteiger partial charge in [0.1, 0.15) is 5.75 Å². The minimum Gasteiger partial charge on any atom is -0.508 e. The Morgan fingerprint density at radius 3 is 2.32 bits per heavy atom. The Kier molecular flexibility index (Phi) is 3.79. The van der Waals surface area contributed by atoms with Crippen molar-refractivity contribution in [3.05, 3.63) is 29.8 Å². The zero-order chi connectivity index (χ0) is 13.8. The third kappa shape index (κ3) is 3.31. The fraction of sp³-hybridized carbons (Fsp3) is 0.308. The molecule has 1 fully saturated rings. The van der Waals surface area contributed by atoms with Gasteiger partial charge in [-0.05, 0) is 24.1 Å². The van der Waals surface area contributed by atoms with E-state index < -0.39 is 5.91 Å². The van der Waals surface area contributed by atoms with Gasteiger partial charge in [0.2, 0.25) is 17.7 Å². The zero-order valence-electron chi connectivity index (χ0n) is 10.3. The lowest BCUT2D eigenvalue weighted by Crippen LogP contribution is -2.52. The first kappa shape index (κ1) is 13.1. The highest BCUT2D eigenvalue weighted by molar-refractivity contribution is 5.99. The van der Waals surface area contributed by atoms with E-state index in [1.54, 1.807) is 12.1 Å². The number of hydrazine groups is 1. The molecule has 2 rings (SSSR count). The van der Waals surface area contributed by atoms with Crippen molar-refractivity contribution in [3.8, 4) is 5.75 Å². The second-order valence-electron chi connectivity index (χ2n) is 4.35. The van der Waals surface area contributed by atoms with Crippen LogP contribution in [0.3, 0.4) is 0 Å². The molecule has 1 aliphatic rings. The third-order valence-electron chi connectivity index (χ3n) is 2.82. The largest absolute Gasteiger partial charge is 0.508 e. The summed E-state index contributed by atoms with van der Waals surface area (Å²) in [6.45, 7) is 0. The molecule has 0 aliphatic carbocycles. The molecule has 0 saturated carbocycles. The van der Waals surface area contributed by atoms with Gasteiger partial charge in [0, 0.05) is 12.8 Å². The number of benzene rings is 1. The molecular weight excluding hydrogens is 248 g/mol. The number of aromatic hydroxyl groups is 1. The number of phenols is 1. The molecule has 1 aliphatic heterocycles. The van der Waals surface area contributed by atoms with E-state index in [2.05, 4.69) is 5.43 Å². The van der Waals surface area contributed by atoms with Crippen molar-refractivity contribution < 1.29 is 19.5 Å². The van der Waals surface area contributed by atoms with Crippen molar-refractivity contribution in [1.29, 1.82) is 0 Å². The molecule has 3 amide bonds. The molecule has 1 heterocycles. The van der Waals surface area contributed by atoms with Gasteiger partial charge in [-0.15, -0.1) is 0 Å². The monoisotopic (exact) mass is 262 g/mol. The highest BCUT2D eigenvalue weighted by Crippen LogP contribution is 2.12. The first-order valence-electron chi connectivity index (χ1n) is 5.99. The van der Waals surface area contributed by atoms with E-state index in [9.17, 15) is 14.4 Å². The van der Waals surface area contributed by atoms with E-state index >= 15 is 0 Å². The minimum atomic E-state index is -0.436. The third-order valence-corrected chi connectivity index (χ3v) is 2.82. The summed E-state index contributed by atoms with van der Waals surface area (Å²) in [5.41, 5.74) is 3.00. The molecule has 0 radical (unpaired) electrons. The minimum absolute atomic E-state index is 0.0390. The van der Waals surface area contributed by atoms with Crippen LogP contribution in [0.15, 0.2) is 24.3 Å². The van der Waals surface area contributed by atoms with Crippen molar-refractivity contribution in [2.45, 2.75) is 25.7 Å². The standard InChI is InChI=1S/C13H14N2O4/c16-10-6-4-9(5-7-10)8-11(17)14-15-12(18)2-1-3-13(15)19/h4-7,16H,1-3,8H2,(H,14,17). The van der Waals surface area contributed by atoms with E-state index in [-0.39, 0.29) is 36.8 Å². The van der Waals surface area contributed by atoms with E-state index in [0.29, 0.717) is 12.0 Å². The Hall–Kier alpha value is -2.37. The number of phenolic OH excluding ortho intramolecular Hbond substituents is 1. The van der Waals surface area contributed by atoms with Gasteiger partial charge in [-0.1, -0.05) is 12.1 Å². The predicted molar refractivity (Wildman–Crippen MR) is 65.7 cm³/mol. The summed E-state index contributed by atoms with van der Waals surface area (Å²) in [7, 11) is 0. The fourth-order valence-electron chi connectivity index (χ4n) is 1.84. The molecule has 0 spiro atoms. The quantitative estimate of drug-likeness (QED) is 0.777. The maximum atomic E-state index is 11.7. The summed E-state index contributed by atoms with van der Waals surface area (Å²) >= 11 is 0. The van der Waals surface area contributed by atoms with E-state index in [0.717, 1.165) is 5.01 Å². The van der Waals surface area contributed by atoms with Gasteiger partial charge in [0.15, 0.2) is 0 Å². The number of amides is 3. The summed E-state index contributed by atoms with van der Waals surface area (Å²) in [4.78, 5) is 34.7. The van der Waals surface area contributed by atoms with Crippen LogP contribution < -0.4 is 5.43 Å². The Bertz CT molecular complexity index is 494. The van der Waals surface area contributed by atoms with Crippen molar-refractivity contribution in [1.82, 2.24) is 10.4 Å². The molecule has 2 N–H and O–H groups in total. The average molecular weight is 262 g/mol. The Morgan fingerprint density at radius 2 is 1.74 bits per heavy atom. The molecule has 6 nitrogen and oxygen atoms in total. The Morgan fingerprint density at radius 1 is 1.16 bits per heavy atom. The molecule has 1 saturated heterocycles. The summed E-state index contributed by atoms with van der Waals surface area (Å²) in [6, 6.07) is 6.16. The number of carbonyl (C=O) groups excluding carboxylic acids is 3. The van der Waals surface area contributed by atoms with Gasteiger partial charge in [0.25, 0.3) is 0 Å². The molecule has 0 aromatic heterocycles. The topological polar surface area (TPSA) is 86.7 Å². The molecule has 1 aromatic rings. The molecule has 0 unspecified atom stereocenters. The van der Waals surface area contributed by atoms with Gasteiger partial charge >= 0.3 is 0 Å². The number of imide groups is 1. The molecular formula is C13H14N2O4. The molecule has 0 bridgehead atoms. The lowest BCUT2D eigenvalue weighted by molar-refractivity contribution is -0.156. The van der Waals surface area contributed by atoms with Crippen LogP contribution in [0.2, 0.25) is 0 Å². The summed E-state index contributed by atoms with van der Waals surface area (Å²) in [5, 5.41) is 9.92. The van der Waals surface area contributed by atoms with Crippen molar-refractivity contribution in [2.75, 3.05) is 0 Å². The Balaban J connectivity index is 1.95. The summed E-state index contributed by atoms with van der Waals surface area (Å²) < 4.78 is 0. The first-order chi connectivity index (χ1) is 9.06. The SMILES string of the molecule is O=C(Cc1ccc(O)cc1)NN1C(=O)CCCC1=O. The summed E-state index contributed by atoms with van der Waals surface area (Å²) in [5.74, 6) is -1.08. The molecule has 0 atom stereocenters. The maximum Gasteiger partial charge on any atom is 0.248 e. The zero-order valence-corrected chi connectivity index (χ0v) is 10.3. The van der Waals surface area contributed by atoms with E-state index in [1.807, 2.05) is 0 Å². The second-order valence-corrected chi connectivity index (χ2v) is 4.35. The first-order valence-corrected chi connectivity index (χ1v) is 5.99. The number of carbonyl (C=O) groups is 3. The predicted octanol–water partition coefficient (Wildman–Crippen LogP) is 0.505. The number of piperidine rings is 1. The van der Waals surface area contributed by atoms with Gasteiger partial charge in [0.05, 0.1) is 6.42 Å². The number of nitrogens with zero attached hydrogens (tertiary/aromatic N) is 1. The average Bonchev–Trinajstić information content (AvgIpc) is 2.37. The number of hydrogen-bond donors (Lipinski definition) is 2. The smallest absolute Gasteiger partial charge is 0.248 e. The fourth-order valence-corrected chi connectivity index (χ4v) is 1.84. The van der Waals surface area contributed by atoms with Crippen LogP contribution in [0.4, 0.5) is 0 Å². The van der Waals surface area contributed by atoms with E-state index in [4.69, 9.17) is 5.11 Å². The summed E-state index contributed by atoms with van der Waals surface area (Å²) in [6.07, 6.45) is 1.11.